The molecule has 128 valence electrons. The van der Waals surface area contributed by atoms with Gasteiger partial charge in [-0.05, 0) is 36.1 Å². The molecule has 4 heteroatoms. The molecule has 1 aliphatic carbocycles. The van der Waals surface area contributed by atoms with Gasteiger partial charge in [0.15, 0.2) is 0 Å². The van der Waals surface area contributed by atoms with E-state index in [1.54, 1.807) is 21.1 Å². The van der Waals surface area contributed by atoms with Crippen LogP contribution in [0.2, 0.25) is 0 Å². The maximum absolute atomic E-state index is 11.1. The molecule has 0 saturated heterocycles. The zero-order valence-corrected chi connectivity index (χ0v) is 14.5. The van der Waals surface area contributed by atoms with E-state index < -0.39 is 23.4 Å². The standard InChI is InChI=1S/C20H24O4/c1-13-9-5-6-10-14(13)20(24-4)16-12-8-7-11-15(16)19(2,23-3)17(21)18(20)22/h5-12,17-18,21-22H,1-4H3/t17-,18+,19+,20-/m0/s1. The first kappa shape index (κ1) is 17.1. The number of benzene rings is 2. The van der Waals surface area contributed by atoms with Crippen LogP contribution in [-0.4, -0.2) is 36.6 Å². The predicted octanol–water partition coefficient (Wildman–Crippen LogP) is 2.48. The molecule has 4 nitrogen and oxygen atoms in total. The molecule has 0 heterocycles. The van der Waals surface area contributed by atoms with Gasteiger partial charge in [0.05, 0.1) is 0 Å². The second-order valence-electron chi connectivity index (χ2n) is 6.50. The largest absolute Gasteiger partial charge is 0.387 e. The highest BCUT2D eigenvalue weighted by Gasteiger charge is 2.58. The number of rotatable bonds is 3. The van der Waals surface area contributed by atoms with Gasteiger partial charge in [-0.15, -0.1) is 0 Å². The van der Waals surface area contributed by atoms with Crippen molar-refractivity contribution in [1.29, 1.82) is 0 Å². The van der Waals surface area contributed by atoms with Gasteiger partial charge >= 0.3 is 0 Å². The average molecular weight is 328 g/mol. The second kappa shape index (κ2) is 5.97. The Bertz CT molecular complexity index is 744. The number of aliphatic hydroxyl groups excluding tert-OH is 2. The fourth-order valence-electron chi connectivity index (χ4n) is 3.95. The highest BCUT2D eigenvalue weighted by atomic mass is 16.5. The first-order chi connectivity index (χ1) is 11.4. The molecule has 3 rings (SSSR count). The van der Waals surface area contributed by atoms with Crippen LogP contribution in [0.4, 0.5) is 0 Å². The topological polar surface area (TPSA) is 58.9 Å². The minimum Gasteiger partial charge on any atom is -0.387 e. The molecule has 0 spiro atoms. The molecule has 4 atom stereocenters. The van der Waals surface area contributed by atoms with Gasteiger partial charge in [0.2, 0.25) is 0 Å². The smallest absolute Gasteiger partial charge is 0.147 e. The summed E-state index contributed by atoms with van der Waals surface area (Å²) in [5.74, 6) is 0. The Kier molecular flexibility index (Phi) is 4.26. The third-order valence-corrected chi connectivity index (χ3v) is 5.43. The average Bonchev–Trinajstić information content (AvgIpc) is 2.62. The first-order valence-electron chi connectivity index (χ1n) is 8.06. The summed E-state index contributed by atoms with van der Waals surface area (Å²) in [5.41, 5.74) is 1.28. The number of methoxy groups -OCH3 is 2. The molecule has 24 heavy (non-hydrogen) atoms. The number of ether oxygens (including phenoxy) is 2. The Balaban J connectivity index is 2.38. The molecule has 0 aromatic heterocycles. The minimum absolute atomic E-state index is 0.809. The summed E-state index contributed by atoms with van der Waals surface area (Å²) in [6.45, 7) is 3.76. The van der Waals surface area contributed by atoms with Crippen molar-refractivity contribution >= 4 is 0 Å². The summed E-state index contributed by atoms with van der Waals surface area (Å²) in [6, 6.07) is 15.4. The predicted molar refractivity (Wildman–Crippen MR) is 91.8 cm³/mol. The lowest BCUT2D eigenvalue weighted by Crippen LogP contribution is -2.61. The van der Waals surface area contributed by atoms with E-state index in [2.05, 4.69) is 0 Å². The SMILES string of the molecule is CO[C@@]1(c2ccccc2C)c2ccccc2[C@@](C)(OC)[C@@H](O)[C@H]1O. The summed E-state index contributed by atoms with van der Waals surface area (Å²) in [6.07, 6.45) is -2.32. The van der Waals surface area contributed by atoms with Gasteiger partial charge < -0.3 is 19.7 Å². The van der Waals surface area contributed by atoms with Crippen LogP contribution in [-0.2, 0) is 20.7 Å². The zero-order chi connectivity index (χ0) is 17.5. The molecular formula is C20H24O4. The molecule has 2 aromatic rings. The van der Waals surface area contributed by atoms with Crippen molar-refractivity contribution in [2.75, 3.05) is 14.2 Å². The van der Waals surface area contributed by atoms with E-state index in [4.69, 9.17) is 9.47 Å². The van der Waals surface area contributed by atoms with Crippen molar-refractivity contribution in [3.63, 3.8) is 0 Å². The summed E-state index contributed by atoms with van der Waals surface area (Å²) in [4.78, 5) is 0. The van der Waals surface area contributed by atoms with E-state index in [0.29, 0.717) is 0 Å². The van der Waals surface area contributed by atoms with E-state index in [-0.39, 0.29) is 0 Å². The lowest BCUT2D eigenvalue weighted by Gasteiger charge is -2.51. The van der Waals surface area contributed by atoms with Gasteiger partial charge in [0, 0.05) is 14.2 Å². The maximum atomic E-state index is 11.1. The highest BCUT2D eigenvalue weighted by molar-refractivity contribution is 5.51. The van der Waals surface area contributed by atoms with Gasteiger partial charge in [-0.1, -0.05) is 48.5 Å². The molecule has 0 unspecified atom stereocenters. The lowest BCUT2D eigenvalue weighted by atomic mass is 9.65. The fourth-order valence-corrected chi connectivity index (χ4v) is 3.95. The van der Waals surface area contributed by atoms with Crippen LogP contribution in [0.5, 0.6) is 0 Å². The van der Waals surface area contributed by atoms with Gasteiger partial charge in [0.1, 0.15) is 23.4 Å². The van der Waals surface area contributed by atoms with Crippen LogP contribution >= 0.6 is 0 Å². The maximum Gasteiger partial charge on any atom is 0.147 e. The summed E-state index contributed by atoms with van der Waals surface area (Å²) >= 11 is 0. The van der Waals surface area contributed by atoms with Gasteiger partial charge in [-0.2, -0.15) is 0 Å². The van der Waals surface area contributed by atoms with E-state index >= 15 is 0 Å². The van der Waals surface area contributed by atoms with Crippen molar-refractivity contribution in [2.45, 2.75) is 37.3 Å². The minimum atomic E-state index is -1.18. The Morgan fingerprint density at radius 2 is 1.33 bits per heavy atom. The molecule has 0 amide bonds. The molecule has 0 aliphatic heterocycles. The normalized spacial score (nSPS) is 32.4. The molecule has 1 aliphatic rings. The Labute approximate surface area is 142 Å². The van der Waals surface area contributed by atoms with Crippen molar-refractivity contribution in [1.82, 2.24) is 0 Å². The van der Waals surface area contributed by atoms with Crippen molar-refractivity contribution in [2.24, 2.45) is 0 Å². The van der Waals surface area contributed by atoms with Crippen LogP contribution in [0.1, 0.15) is 29.2 Å². The van der Waals surface area contributed by atoms with Crippen molar-refractivity contribution in [3.8, 4) is 0 Å². The number of fused-ring (bicyclic) bond motifs is 1. The number of aliphatic hydroxyl groups is 2. The fraction of sp³-hybridized carbons (Fsp3) is 0.400. The van der Waals surface area contributed by atoms with Gasteiger partial charge in [-0.25, -0.2) is 0 Å². The molecule has 0 saturated carbocycles. The lowest BCUT2D eigenvalue weighted by molar-refractivity contribution is -0.207. The molecular weight excluding hydrogens is 304 g/mol. The number of hydrogen-bond donors (Lipinski definition) is 2. The number of aryl methyl sites for hydroxylation is 1. The molecule has 0 bridgehead atoms. The summed E-state index contributed by atoms with van der Waals surface area (Å²) in [5, 5.41) is 22.0. The van der Waals surface area contributed by atoms with Crippen LogP contribution < -0.4 is 0 Å². The van der Waals surface area contributed by atoms with Crippen LogP contribution in [0, 0.1) is 6.92 Å². The van der Waals surface area contributed by atoms with Crippen molar-refractivity contribution in [3.05, 3.63) is 70.8 Å². The quantitative estimate of drug-likeness (QED) is 0.909. The number of hydrogen-bond acceptors (Lipinski definition) is 4. The van der Waals surface area contributed by atoms with Crippen LogP contribution in [0.3, 0.4) is 0 Å². The third-order valence-electron chi connectivity index (χ3n) is 5.43. The molecule has 0 fully saturated rings. The summed E-state index contributed by atoms with van der Waals surface area (Å²) in [7, 11) is 3.11. The molecule has 2 aromatic carbocycles. The second-order valence-corrected chi connectivity index (χ2v) is 6.50. The first-order valence-corrected chi connectivity index (χ1v) is 8.06. The highest BCUT2D eigenvalue weighted by Crippen LogP contribution is 2.50. The van der Waals surface area contributed by atoms with E-state index in [1.807, 2.05) is 55.5 Å². The Morgan fingerprint density at radius 3 is 1.88 bits per heavy atom. The third kappa shape index (κ3) is 2.07. The monoisotopic (exact) mass is 328 g/mol. The van der Waals surface area contributed by atoms with Crippen molar-refractivity contribution < 1.29 is 19.7 Å². The van der Waals surface area contributed by atoms with E-state index in [1.165, 1.54) is 0 Å². The van der Waals surface area contributed by atoms with Crippen LogP contribution in [0.25, 0.3) is 0 Å². The zero-order valence-electron chi connectivity index (χ0n) is 14.5. The van der Waals surface area contributed by atoms with Gasteiger partial charge in [0.25, 0.3) is 0 Å². The van der Waals surface area contributed by atoms with Gasteiger partial charge in [-0.3, -0.25) is 0 Å². The molecule has 2 N–H and O–H groups in total. The Morgan fingerprint density at radius 1 is 0.792 bits per heavy atom. The van der Waals surface area contributed by atoms with Crippen LogP contribution in [0.15, 0.2) is 48.5 Å². The summed E-state index contributed by atoms with van der Waals surface area (Å²) < 4.78 is 11.6. The molecule has 0 radical (unpaired) electrons. The van der Waals surface area contributed by atoms with E-state index in [0.717, 1.165) is 22.3 Å². The van der Waals surface area contributed by atoms with E-state index in [9.17, 15) is 10.2 Å². The Hall–Kier alpha value is -1.72.